The van der Waals surface area contributed by atoms with Gasteiger partial charge in [0.05, 0.1) is 7.11 Å². The molecule has 0 radical (unpaired) electrons. The third kappa shape index (κ3) is 9.13. The van der Waals surface area contributed by atoms with E-state index in [4.69, 9.17) is 4.74 Å². The summed E-state index contributed by atoms with van der Waals surface area (Å²) in [6.07, 6.45) is 0. The van der Waals surface area contributed by atoms with Gasteiger partial charge in [-0.25, -0.2) is 0 Å². The molecule has 0 aliphatic heterocycles. The maximum atomic E-state index is 5.95. The zero-order valence-corrected chi connectivity index (χ0v) is 34.4. The predicted molar refractivity (Wildman–Crippen MR) is 206 cm³/mol. The molecule has 0 amide bonds. The van der Waals surface area contributed by atoms with Crippen molar-refractivity contribution in [1.82, 2.24) is 0 Å². The Kier molecular flexibility index (Phi) is 11.8. The first-order chi connectivity index (χ1) is 22.0. The van der Waals surface area contributed by atoms with Crippen molar-refractivity contribution in [2.75, 3.05) is 7.11 Å². The Morgan fingerprint density at radius 3 is 1.47 bits per heavy atom. The quantitative estimate of drug-likeness (QED) is 0.131. The molecule has 0 aliphatic rings. The smallest absolute Gasteiger partial charge is 0.0274 e. The maximum Gasteiger partial charge on any atom is -0.0274 e. The number of aryl methyl sites for hydroxylation is 7. The third-order valence-electron chi connectivity index (χ3n) is 8.27. The first-order valence-corrected chi connectivity index (χ1v) is 22.8. The maximum absolute atomic E-state index is 5.95. The third-order valence-corrected chi connectivity index (χ3v) is 8.27. The number of methoxy groups -OCH3 is 1. The molecular weight excluding hydrogens is 664 g/mol. The normalized spacial score (nSPS) is 11.2. The summed E-state index contributed by atoms with van der Waals surface area (Å²) in [5, 5.41) is 5.30. The second kappa shape index (κ2) is 15.0. The van der Waals surface area contributed by atoms with Gasteiger partial charge in [-0.15, -0.1) is 56.9 Å². The molecule has 0 aliphatic carbocycles. The number of benzene rings is 4. The van der Waals surface area contributed by atoms with Crippen molar-refractivity contribution in [3.63, 3.8) is 0 Å². The Labute approximate surface area is 299 Å². The predicted octanol–water partition coefficient (Wildman–Crippen LogP) is 12.7. The topological polar surface area (TPSA) is 9.23 Å². The van der Waals surface area contributed by atoms with Crippen molar-refractivity contribution in [2.45, 2.75) is 87.7 Å². The number of hydrogen-bond acceptors (Lipinski definition) is 1. The Bertz CT molecular complexity index is 2020. The van der Waals surface area contributed by atoms with Crippen LogP contribution >= 0.6 is 0 Å². The molecule has 6 rings (SSSR count). The summed E-state index contributed by atoms with van der Waals surface area (Å²) in [6, 6.07) is 29.5. The van der Waals surface area contributed by atoms with E-state index in [0.29, 0.717) is 0 Å². The van der Waals surface area contributed by atoms with E-state index in [-0.39, 0.29) is 10.8 Å². The molecular formula is C44H52OSiZr. The Morgan fingerprint density at radius 2 is 1.00 bits per heavy atom. The first kappa shape index (κ1) is 36.8. The molecule has 0 saturated carbocycles. The average molecular weight is 716 g/mol. The van der Waals surface area contributed by atoms with Crippen LogP contribution in [0, 0.1) is 48.5 Å². The minimum Gasteiger partial charge on any atom is -0.165 e. The molecule has 47 heavy (non-hydrogen) atoms. The van der Waals surface area contributed by atoms with E-state index in [1.807, 2.05) is 0 Å². The SMILES string of the molecule is COc1c(C(C)(C)C)cc2[cH-]c(C)cc2c1-c1cc(C)cc(C)c1.C[Si](C)=[Zr+2].Cc1cc(C)cc(-c2cc(C)cc3[cH-]c(C)cc23)c1. The molecule has 0 fully saturated rings. The van der Waals surface area contributed by atoms with Gasteiger partial charge in [0.2, 0.25) is 0 Å². The zero-order valence-electron chi connectivity index (χ0n) is 30.9. The molecule has 6 aromatic carbocycles. The summed E-state index contributed by atoms with van der Waals surface area (Å²) >= 11 is 1.74. The van der Waals surface area contributed by atoms with E-state index >= 15 is 0 Å². The van der Waals surface area contributed by atoms with Crippen LogP contribution in [-0.4, -0.2) is 12.5 Å². The van der Waals surface area contributed by atoms with Gasteiger partial charge in [0.15, 0.2) is 0 Å². The molecule has 0 N–H and O–H groups in total. The molecule has 0 atom stereocenters. The van der Waals surface area contributed by atoms with Crippen molar-refractivity contribution in [3.8, 4) is 28.0 Å². The van der Waals surface area contributed by atoms with Crippen LogP contribution in [0.4, 0.5) is 0 Å². The van der Waals surface area contributed by atoms with Crippen LogP contribution in [0.2, 0.25) is 13.1 Å². The number of ether oxygens (including phenoxy) is 1. The van der Waals surface area contributed by atoms with Crippen LogP contribution in [-0.2, 0) is 28.8 Å². The standard InChI is InChI=1S/C23H27O.C19H19.C2H6Si.Zr/c1-14-8-15(2)11-18(10-14)21-19-12-16(3)9-17(19)13-20(22(21)24-7)23(4,5)6;1-12-5-13(2)7-16(6-12)18-10-14(3)8-17-9-15(4)11-19(17)18;1-3-2;/h8-13H,1-7H3;5-11H,1-4H3;1-2H3;/q2*-1;;+2. The van der Waals surface area contributed by atoms with Gasteiger partial charge in [-0.1, -0.05) is 110 Å². The van der Waals surface area contributed by atoms with E-state index in [9.17, 15) is 0 Å². The van der Waals surface area contributed by atoms with Crippen molar-refractivity contribution in [3.05, 3.63) is 123 Å². The molecule has 0 saturated heterocycles. The van der Waals surface area contributed by atoms with Gasteiger partial charge in [-0.05, 0) is 62.3 Å². The number of rotatable bonds is 3. The molecule has 0 heterocycles. The Balaban J connectivity index is 0.000000195. The van der Waals surface area contributed by atoms with Crippen LogP contribution in [0.1, 0.15) is 65.3 Å². The van der Waals surface area contributed by atoms with E-state index in [1.165, 1.54) is 88.3 Å². The second-order valence-corrected chi connectivity index (χ2v) is 24.1. The zero-order chi connectivity index (χ0) is 34.8. The molecule has 0 spiro atoms. The fourth-order valence-electron chi connectivity index (χ4n) is 6.65. The number of fused-ring (bicyclic) bond motifs is 2. The van der Waals surface area contributed by atoms with Crippen molar-refractivity contribution in [2.24, 2.45) is 0 Å². The minimum atomic E-state index is 0.0261. The monoisotopic (exact) mass is 714 g/mol. The van der Waals surface area contributed by atoms with Crippen LogP contribution in [0.5, 0.6) is 5.75 Å². The summed E-state index contributed by atoms with van der Waals surface area (Å²) in [7, 11) is 1.79. The molecule has 0 bridgehead atoms. The summed E-state index contributed by atoms with van der Waals surface area (Å²) in [4.78, 5) is 0. The summed E-state index contributed by atoms with van der Waals surface area (Å²) in [6.45, 7) is 26.5. The number of hydrogen-bond donors (Lipinski definition) is 0. The van der Waals surface area contributed by atoms with Gasteiger partial charge < -0.3 is 4.74 Å². The van der Waals surface area contributed by atoms with Crippen LogP contribution < -0.4 is 4.74 Å². The molecule has 3 heteroatoms. The summed E-state index contributed by atoms with van der Waals surface area (Å²) in [5.41, 5.74) is 15.8. The van der Waals surface area contributed by atoms with Gasteiger partial charge >= 0.3 is 41.9 Å². The fraction of sp³-hybridized carbons (Fsp3) is 0.318. The molecule has 0 unspecified atom stereocenters. The molecule has 242 valence electrons. The van der Waals surface area contributed by atoms with Crippen molar-refractivity contribution < 1.29 is 28.1 Å². The Morgan fingerprint density at radius 1 is 0.574 bits per heavy atom. The average Bonchev–Trinajstić information content (AvgIpc) is 3.50. The van der Waals surface area contributed by atoms with E-state index in [2.05, 4.69) is 161 Å². The van der Waals surface area contributed by atoms with Gasteiger partial charge in [0.1, 0.15) is 5.75 Å². The van der Waals surface area contributed by atoms with Crippen LogP contribution in [0.15, 0.2) is 78.9 Å². The minimum absolute atomic E-state index is 0.0261. The van der Waals surface area contributed by atoms with Crippen molar-refractivity contribution in [1.29, 1.82) is 0 Å². The van der Waals surface area contributed by atoms with Gasteiger partial charge in [0.25, 0.3) is 0 Å². The van der Waals surface area contributed by atoms with Crippen LogP contribution in [0.3, 0.4) is 0 Å². The van der Waals surface area contributed by atoms with E-state index in [0.717, 1.165) is 5.75 Å². The fourth-order valence-corrected chi connectivity index (χ4v) is 6.65. The molecule has 0 aromatic heterocycles. The summed E-state index contributed by atoms with van der Waals surface area (Å²) in [5.74, 6) is 1.01. The van der Waals surface area contributed by atoms with Gasteiger partial charge in [-0.2, -0.15) is 12.1 Å². The first-order valence-electron chi connectivity index (χ1n) is 16.6. The largest absolute Gasteiger partial charge is 0.165 e. The second-order valence-electron chi connectivity index (χ2n) is 14.7. The van der Waals surface area contributed by atoms with E-state index < -0.39 is 0 Å². The van der Waals surface area contributed by atoms with Crippen LogP contribution in [0.25, 0.3) is 43.8 Å². The van der Waals surface area contributed by atoms with E-state index in [1.54, 1.807) is 30.4 Å². The molecule has 6 aromatic rings. The summed E-state index contributed by atoms with van der Waals surface area (Å²) < 4.78 is 5.95. The van der Waals surface area contributed by atoms with Crippen molar-refractivity contribution >= 4 is 27.0 Å². The van der Waals surface area contributed by atoms with Gasteiger partial charge in [-0.3, -0.25) is 0 Å². The molecule has 1 nitrogen and oxygen atoms in total. The Hall–Kier alpha value is -3.00. The van der Waals surface area contributed by atoms with Gasteiger partial charge in [0, 0.05) is 0 Å².